The molecule has 0 aliphatic heterocycles. The number of unbranched alkanes of at least 4 members (excludes halogenated alkanes) is 4. The average Bonchev–Trinajstić information content (AvgIpc) is 2.92. The van der Waals surface area contributed by atoms with Crippen LogP contribution in [-0.2, 0) is 11.3 Å². The number of hydrogen-bond acceptors (Lipinski definition) is 9. The van der Waals surface area contributed by atoms with Gasteiger partial charge in [-0.3, -0.25) is 19.1 Å². The summed E-state index contributed by atoms with van der Waals surface area (Å²) in [6, 6.07) is 3.81. The van der Waals surface area contributed by atoms with Crippen LogP contribution < -0.4 is 32.9 Å². The molecule has 12 heteroatoms. The number of nitrogens with two attached hydrogens (primary N) is 1. The summed E-state index contributed by atoms with van der Waals surface area (Å²) in [5, 5.41) is 19.1. The summed E-state index contributed by atoms with van der Waals surface area (Å²) in [5.41, 5.74) is 7.96. The molecule has 0 unspecified atom stereocenters. The number of hydrogen-bond donors (Lipinski definition) is 6. The van der Waals surface area contributed by atoms with E-state index < -0.39 is 17.2 Å². The van der Waals surface area contributed by atoms with E-state index in [2.05, 4.69) is 30.9 Å². The Labute approximate surface area is 234 Å². The number of anilines is 1. The second kappa shape index (κ2) is 16.7. The van der Waals surface area contributed by atoms with Gasteiger partial charge in [-0.2, -0.15) is 0 Å². The molecule has 3 rings (SSSR count). The van der Waals surface area contributed by atoms with Crippen molar-refractivity contribution in [1.29, 1.82) is 0 Å². The lowest BCUT2D eigenvalue weighted by molar-refractivity contribution is -0.137. The van der Waals surface area contributed by atoms with Gasteiger partial charge in [0.15, 0.2) is 11.2 Å². The quantitative estimate of drug-likeness (QED) is 0.0891. The summed E-state index contributed by atoms with van der Waals surface area (Å²) >= 11 is 0. The van der Waals surface area contributed by atoms with Crippen molar-refractivity contribution >= 4 is 33.9 Å². The van der Waals surface area contributed by atoms with Gasteiger partial charge in [0, 0.05) is 25.2 Å². The third-order valence-corrected chi connectivity index (χ3v) is 6.81. The molecule has 3 aromatic rings. The van der Waals surface area contributed by atoms with Crippen LogP contribution in [0, 0.1) is 6.92 Å². The molecule has 12 nitrogen and oxygen atoms in total. The Hall–Kier alpha value is -3.35. The molecular formula is C28H44N8O4. The van der Waals surface area contributed by atoms with E-state index in [1.807, 2.05) is 19.1 Å². The summed E-state index contributed by atoms with van der Waals surface area (Å²) < 4.78 is 1.15. The fourth-order valence-corrected chi connectivity index (χ4v) is 4.54. The van der Waals surface area contributed by atoms with E-state index in [1.54, 1.807) is 0 Å². The summed E-state index contributed by atoms with van der Waals surface area (Å²) in [7, 11) is 0. The predicted octanol–water partition coefficient (Wildman–Crippen LogP) is 2.09. The highest BCUT2D eigenvalue weighted by molar-refractivity contribution is 5.87. The largest absolute Gasteiger partial charge is 0.481 e. The zero-order chi connectivity index (χ0) is 28.7. The third-order valence-electron chi connectivity index (χ3n) is 6.81. The van der Waals surface area contributed by atoms with Crippen molar-refractivity contribution in [3.05, 3.63) is 38.5 Å². The maximum Gasteiger partial charge on any atom is 0.330 e. The van der Waals surface area contributed by atoms with E-state index in [4.69, 9.17) is 10.8 Å². The minimum Gasteiger partial charge on any atom is -0.481 e. The van der Waals surface area contributed by atoms with Crippen molar-refractivity contribution in [1.82, 2.24) is 30.2 Å². The number of nitrogens with zero attached hydrogens (tertiary/aromatic N) is 3. The normalized spacial score (nSPS) is 11.4. The summed E-state index contributed by atoms with van der Waals surface area (Å²) in [5.74, 6) is -0.816. The van der Waals surface area contributed by atoms with Crippen molar-refractivity contribution in [2.45, 2.75) is 71.3 Å². The topological polar surface area (TPSA) is 180 Å². The van der Waals surface area contributed by atoms with Gasteiger partial charge in [0.25, 0.3) is 5.56 Å². The van der Waals surface area contributed by atoms with Crippen molar-refractivity contribution in [2.75, 3.05) is 44.6 Å². The van der Waals surface area contributed by atoms with Crippen LogP contribution in [0.5, 0.6) is 0 Å². The number of rotatable bonds is 20. The molecular weight excluding hydrogens is 512 g/mol. The lowest BCUT2D eigenvalue weighted by atomic mass is 10.1. The van der Waals surface area contributed by atoms with Crippen LogP contribution in [0.2, 0.25) is 0 Å². The minimum absolute atomic E-state index is 0.127. The molecule has 0 fully saturated rings. The van der Waals surface area contributed by atoms with Gasteiger partial charge in [-0.05, 0) is 95.9 Å². The van der Waals surface area contributed by atoms with Crippen molar-refractivity contribution in [3.63, 3.8) is 0 Å². The molecule has 0 aliphatic rings. The van der Waals surface area contributed by atoms with E-state index in [0.717, 1.165) is 93.6 Å². The molecule has 2 heterocycles. The van der Waals surface area contributed by atoms with Gasteiger partial charge in [0.1, 0.15) is 0 Å². The summed E-state index contributed by atoms with van der Waals surface area (Å²) in [6.07, 6.45) is 7.06. The second-order valence-corrected chi connectivity index (χ2v) is 10.2. The maximum atomic E-state index is 13.0. The molecule has 0 spiro atoms. The fraction of sp³-hybridized carbons (Fsp3) is 0.607. The molecule has 0 radical (unpaired) electrons. The highest BCUT2D eigenvalue weighted by atomic mass is 16.4. The third kappa shape index (κ3) is 9.68. The van der Waals surface area contributed by atoms with Gasteiger partial charge in [-0.15, -0.1) is 0 Å². The Morgan fingerprint density at radius 1 is 0.900 bits per heavy atom. The van der Waals surface area contributed by atoms with E-state index in [0.29, 0.717) is 23.9 Å². The van der Waals surface area contributed by atoms with Crippen LogP contribution in [0.4, 0.5) is 5.69 Å². The number of fused-ring (bicyclic) bond motifs is 2. The van der Waals surface area contributed by atoms with Gasteiger partial charge in [-0.1, -0.05) is 12.8 Å². The Balaban J connectivity index is 1.52. The molecule has 220 valence electrons. The van der Waals surface area contributed by atoms with Crippen molar-refractivity contribution < 1.29 is 9.90 Å². The van der Waals surface area contributed by atoms with Gasteiger partial charge < -0.3 is 26.8 Å². The minimum atomic E-state index is -0.816. The Bertz CT molecular complexity index is 1350. The molecule has 0 bridgehead atoms. The van der Waals surface area contributed by atoms with Gasteiger partial charge in [0.05, 0.1) is 11.0 Å². The van der Waals surface area contributed by atoms with Gasteiger partial charge in [-0.25, -0.2) is 14.8 Å². The Morgan fingerprint density at radius 2 is 1.57 bits per heavy atom. The fourth-order valence-electron chi connectivity index (χ4n) is 4.54. The number of carbonyl (C=O) groups is 1. The predicted molar refractivity (Wildman–Crippen MR) is 159 cm³/mol. The monoisotopic (exact) mass is 556 g/mol. The SMILES string of the molecule is Cc1cc2nc3c(=O)n(CCCCCCC(=O)O)c(=O)[nH]c3nc2cc1NCCCNCCCCNCCCN. The molecule has 0 aliphatic carbocycles. The van der Waals surface area contributed by atoms with Gasteiger partial charge in [0.2, 0.25) is 0 Å². The molecule has 1 aromatic carbocycles. The first-order valence-corrected chi connectivity index (χ1v) is 14.4. The van der Waals surface area contributed by atoms with E-state index >= 15 is 0 Å². The number of aryl methyl sites for hydroxylation is 1. The maximum absolute atomic E-state index is 13.0. The molecule has 7 N–H and O–H groups in total. The number of carboxylic acids is 1. The van der Waals surface area contributed by atoms with E-state index in [-0.39, 0.29) is 24.1 Å². The van der Waals surface area contributed by atoms with Crippen molar-refractivity contribution in [2.24, 2.45) is 5.73 Å². The van der Waals surface area contributed by atoms with Crippen LogP contribution >= 0.6 is 0 Å². The number of H-pyrrole nitrogens is 1. The van der Waals surface area contributed by atoms with Crippen LogP contribution in [0.3, 0.4) is 0 Å². The number of aromatic nitrogens is 4. The summed E-state index contributed by atoms with van der Waals surface area (Å²) in [6.45, 7) is 7.73. The smallest absolute Gasteiger partial charge is 0.330 e. The van der Waals surface area contributed by atoms with Gasteiger partial charge >= 0.3 is 11.7 Å². The lowest BCUT2D eigenvalue weighted by Gasteiger charge is -2.12. The van der Waals surface area contributed by atoms with Crippen LogP contribution in [-0.4, -0.2) is 69.9 Å². The van der Waals surface area contributed by atoms with Crippen LogP contribution in [0.25, 0.3) is 22.2 Å². The average molecular weight is 557 g/mol. The number of carboxylic acid groups (broad SMARTS) is 1. The van der Waals surface area contributed by atoms with E-state index in [1.165, 1.54) is 0 Å². The first-order chi connectivity index (χ1) is 19.4. The Kier molecular flexibility index (Phi) is 13.0. The van der Waals surface area contributed by atoms with E-state index in [9.17, 15) is 14.4 Å². The molecule has 0 saturated heterocycles. The molecule has 2 aromatic heterocycles. The second-order valence-electron chi connectivity index (χ2n) is 10.2. The van der Waals surface area contributed by atoms with Crippen LogP contribution in [0.15, 0.2) is 21.7 Å². The number of benzene rings is 1. The molecule has 0 amide bonds. The highest BCUT2D eigenvalue weighted by Crippen LogP contribution is 2.22. The number of nitrogens with one attached hydrogen (secondary N) is 4. The van der Waals surface area contributed by atoms with Crippen LogP contribution in [0.1, 0.15) is 63.4 Å². The zero-order valence-corrected chi connectivity index (χ0v) is 23.6. The zero-order valence-electron chi connectivity index (χ0n) is 23.6. The van der Waals surface area contributed by atoms with Crippen molar-refractivity contribution in [3.8, 4) is 0 Å². The first-order valence-electron chi connectivity index (χ1n) is 14.4. The molecule has 0 saturated carbocycles. The number of aromatic amines is 1. The summed E-state index contributed by atoms with van der Waals surface area (Å²) in [4.78, 5) is 48.0. The molecule has 40 heavy (non-hydrogen) atoms. The first kappa shape index (κ1) is 31.2. The highest BCUT2D eigenvalue weighted by Gasteiger charge is 2.13. The molecule has 0 atom stereocenters. The number of aliphatic carboxylic acids is 1. The lowest BCUT2D eigenvalue weighted by Crippen LogP contribution is -2.35. The Morgan fingerprint density at radius 3 is 2.30 bits per heavy atom. The standard InChI is InChI=1S/C28H44N8O4/c1-20-18-22-23(19-21(20)32-16-9-15-31-13-6-5-12-30-14-8-11-29)34-26-25(33-22)27(39)36(28(40)35-26)17-7-3-2-4-10-24(37)38/h18-19,30-32H,2-17,29H2,1H3,(H,37,38)(H,34,35,40).